The first-order valence-corrected chi connectivity index (χ1v) is 9.14. The first-order valence-electron chi connectivity index (χ1n) is 8.26. The normalized spacial score (nSPS) is 17.3. The van der Waals surface area contributed by atoms with Crippen LogP contribution in [0.25, 0.3) is 0 Å². The molecule has 7 heteroatoms. The van der Waals surface area contributed by atoms with Crippen LogP contribution < -0.4 is 5.01 Å². The Balaban J connectivity index is 1.81. The molecule has 0 radical (unpaired) electrons. The van der Waals surface area contributed by atoms with Crippen molar-refractivity contribution < 1.29 is 17.6 Å². The molecule has 0 spiro atoms. The van der Waals surface area contributed by atoms with E-state index in [2.05, 4.69) is 5.10 Å². The van der Waals surface area contributed by atoms with Crippen LogP contribution in [0, 0.1) is 5.82 Å². The number of alkyl halides is 3. The molecule has 0 unspecified atom stereocenters. The van der Waals surface area contributed by atoms with Crippen LogP contribution in [-0.4, -0.2) is 5.71 Å². The van der Waals surface area contributed by atoms with Gasteiger partial charge in [-0.15, -0.1) is 11.3 Å². The molecule has 1 aliphatic rings. The minimum absolute atomic E-state index is 0.157. The van der Waals surface area contributed by atoms with Gasteiger partial charge in [0.25, 0.3) is 0 Å². The van der Waals surface area contributed by atoms with Crippen LogP contribution in [0.15, 0.2) is 71.1 Å². The van der Waals surface area contributed by atoms with Gasteiger partial charge in [-0.25, -0.2) is 4.39 Å². The van der Waals surface area contributed by atoms with E-state index in [1.165, 1.54) is 47.7 Å². The van der Waals surface area contributed by atoms with E-state index < -0.39 is 23.6 Å². The van der Waals surface area contributed by atoms with Crippen molar-refractivity contribution in [2.45, 2.75) is 18.6 Å². The van der Waals surface area contributed by atoms with E-state index in [1.807, 2.05) is 17.5 Å². The lowest BCUT2D eigenvalue weighted by Crippen LogP contribution is -2.22. The fourth-order valence-corrected chi connectivity index (χ4v) is 3.94. The maximum absolute atomic E-state index is 13.6. The summed E-state index contributed by atoms with van der Waals surface area (Å²) < 4.78 is 54.0. The van der Waals surface area contributed by atoms with Crippen LogP contribution in [0.5, 0.6) is 0 Å². The molecule has 0 aliphatic carbocycles. The lowest BCUT2D eigenvalue weighted by Gasteiger charge is -2.26. The van der Waals surface area contributed by atoms with Crippen molar-refractivity contribution in [3.05, 3.63) is 87.9 Å². The second-order valence-corrected chi connectivity index (χ2v) is 7.10. The molecule has 3 aromatic rings. The zero-order valence-corrected chi connectivity index (χ0v) is 14.8. The maximum Gasteiger partial charge on any atom is 0.416 e. The molecule has 2 nitrogen and oxygen atoms in total. The van der Waals surface area contributed by atoms with Gasteiger partial charge in [-0.05, 0) is 47.3 Å². The van der Waals surface area contributed by atoms with E-state index in [1.54, 1.807) is 11.1 Å². The van der Waals surface area contributed by atoms with Gasteiger partial charge in [-0.3, -0.25) is 5.01 Å². The summed E-state index contributed by atoms with van der Waals surface area (Å²) in [6, 6.07) is 14.3. The summed E-state index contributed by atoms with van der Waals surface area (Å²) in [4.78, 5) is 0.911. The summed E-state index contributed by atoms with van der Waals surface area (Å²) in [6.07, 6.45) is -4.12. The Bertz CT molecular complexity index is 962. The predicted molar refractivity (Wildman–Crippen MR) is 98.5 cm³/mol. The lowest BCUT2D eigenvalue weighted by molar-refractivity contribution is -0.138. The molecule has 27 heavy (non-hydrogen) atoms. The van der Waals surface area contributed by atoms with Gasteiger partial charge in [-0.2, -0.15) is 18.3 Å². The Morgan fingerprint density at radius 3 is 2.37 bits per heavy atom. The highest BCUT2D eigenvalue weighted by molar-refractivity contribution is 7.12. The molecular weight excluding hydrogens is 376 g/mol. The highest BCUT2D eigenvalue weighted by atomic mass is 32.1. The summed E-state index contributed by atoms with van der Waals surface area (Å²) >= 11 is 1.49. The highest BCUT2D eigenvalue weighted by Gasteiger charge is 2.39. The first-order chi connectivity index (χ1) is 12.9. The van der Waals surface area contributed by atoms with Crippen LogP contribution in [-0.2, 0) is 6.18 Å². The van der Waals surface area contributed by atoms with Crippen LogP contribution in [0.1, 0.15) is 28.5 Å². The number of hydrogen-bond acceptors (Lipinski definition) is 3. The second-order valence-electron chi connectivity index (χ2n) is 6.15. The van der Waals surface area contributed by atoms with Crippen molar-refractivity contribution in [2.24, 2.45) is 5.10 Å². The molecule has 0 N–H and O–H groups in total. The summed E-state index contributed by atoms with van der Waals surface area (Å²) in [7, 11) is 0. The van der Waals surface area contributed by atoms with E-state index >= 15 is 0 Å². The molecule has 0 fully saturated rings. The van der Waals surface area contributed by atoms with Gasteiger partial charge < -0.3 is 0 Å². The number of hydrogen-bond donors (Lipinski definition) is 0. The maximum atomic E-state index is 13.6. The van der Waals surface area contributed by atoms with Gasteiger partial charge in [0.05, 0.1) is 27.9 Å². The van der Waals surface area contributed by atoms with Crippen LogP contribution in [0.2, 0.25) is 0 Å². The smallest absolute Gasteiger partial charge is 0.257 e. The molecule has 138 valence electrons. The van der Waals surface area contributed by atoms with Crippen LogP contribution >= 0.6 is 11.3 Å². The average Bonchev–Trinajstić information content (AvgIpc) is 3.31. The monoisotopic (exact) mass is 390 g/mol. The Hall–Kier alpha value is -2.67. The molecule has 0 amide bonds. The van der Waals surface area contributed by atoms with Crippen molar-refractivity contribution >= 4 is 22.7 Å². The number of anilines is 1. The molecule has 1 aromatic heterocycles. The number of halogens is 4. The third-order valence-electron chi connectivity index (χ3n) is 4.43. The molecule has 2 heterocycles. The Kier molecular flexibility index (Phi) is 4.47. The summed E-state index contributed by atoms with van der Waals surface area (Å²) in [6.45, 7) is 0. The average molecular weight is 390 g/mol. The molecule has 1 atom stereocenters. The van der Waals surface area contributed by atoms with Crippen molar-refractivity contribution in [1.29, 1.82) is 0 Å². The van der Waals surface area contributed by atoms with Gasteiger partial charge >= 0.3 is 6.18 Å². The van der Waals surface area contributed by atoms with Gasteiger partial charge in [0.1, 0.15) is 5.82 Å². The Morgan fingerprint density at radius 2 is 1.70 bits per heavy atom. The molecule has 2 aromatic carbocycles. The fraction of sp³-hybridized carbons (Fsp3) is 0.150. The minimum atomic E-state index is -4.46. The zero-order chi connectivity index (χ0) is 19.0. The van der Waals surface area contributed by atoms with E-state index in [0.29, 0.717) is 12.1 Å². The van der Waals surface area contributed by atoms with Gasteiger partial charge in [-0.1, -0.05) is 24.3 Å². The van der Waals surface area contributed by atoms with Crippen molar-refractivity contribution in [3.8, 4) is 0 Å². The van der Waals surface area contributed by atoms with E-state index in [4.69, 9.17) is 0 Å². The van der Waals surface area contributed by atoms with Crippen LogP contribution in [0.4, 0.5) is 23.2 Å². The van der Waals surface area contributed by atoms with Gasteiger partial charge in [0.15, 0.2) is 0 Å². The van der Waals surface area contributed by atoms with E-state index in [-0.39, 0.29) is 5.56 Å². The molecular formula is C20H14F4N2S. The second kappa shape index (κ2) is 6.81. The molecule has 4 rings (SSSR count). The quantitative estimate of drug-likeness (QED) is 0.482. The minimum Gasteiger partial charge on any atom is -0.257 e. The van der Waals surface area contributed by atoms with Crippen molar-refractivity contribution in [2.75, 3.05) is 5.01 Å². The Labute approximate surface area is 157 Å². The van der Waals surface area contributed by atoms with E-state index in [0.717, 1.165) is 16.7 Å². The fourth-order valence-electron chi connectivity index (χ4n) is 3.22. The highest BCUT2D eigenvalue weighted by Crippen LogP contribution is 2.42. The predicted octanol–water partition coefficient (Wildman–Crippen LogP) is 6.26. The number of rotatable bonds is 3. The molecule has 0 bridgehead atoms. The Morgan fingerprint density at radius 1 is 0.963 bits per heavy atom. The van der Waals surface area contributed by atoms with Crippen molar-refractivity contribution in [3.63, 3.8) is 0 Å². The molecule has 0 saturated carbocycles. The zero-order valence-electron chi connectivity index (χ0n) is 13.9. The summed E-state index contributed by atoms with van der Waals surface area (Å²) in [5.74, 6) is -0.410. The number of nitrogens with zero attached hydrogens (tertiary/aromatic N) is 2. The third-order valence-corrected chi connectivity index (χ3v) is 5.35. The summed E-state index contributed by atoms with van der Waals surface area (Å²) in [5.41, 5.74) is 0.746. The van der Waals surface area contributed by atoms with Crippen LogP contribution in [0.3, 0.4) is 0 Å². The molecule has 0 saturated heterocycles. The lowest BCUT2D eigenvalue weighted by atomic mass is 9.95. The number of hydrazone groups is 1. The van der Waals surface area contributed by atoms with Gasteiger partial charge in [0, 0.05) is 6.42 Å². The third kappa shape index (κ3) is 3.47. The SMILES string of the molecule is Fc1ccc(N2N=C(c3cccs3)C[C@@H]2c2ccccc2C(F)(F)F)cc1. The number of benzene rings is 2. The number of thiophene rings is 1. The van der Waals surface area contributed by atoms with Gasteiger partial charge in [0.2, 0.25) is 0 Å². The standard InChI is InChI=1S/C20H14F4N2S/c21-13-7-9-14(10-8-13)26-18(12-17(25-26)19-6-3-11-27-19)15-4-1-2-5-16(15)20(22,23)24/h1-11,18H,12H2/t18-/m1/s1. The molecule has 1 aliphatic heterocycles. The summed E-state index contributed by atoms with van der Waals surface area (Å²) in [5, 5.41) is 8.04. The van der Waals surface area contributed by atoms with Crippen molar-refractivity contribution in [1.82, 2.24) is 0 Å². The topological polar surface area (TPSA) is 15.6 Å². The largest absolute Gasteiger partial charge is 0.416 e. The van der Waals surface area contributed by atoms with E-state index in [9.17, 15) is 17.6 Å². The first kappa shape index (κ1) is 17.7.